The van der Waals surface area contributed by atoms with Crippen molar-refractivity contribution in [3.8, 4) is 0 Å². The SMILES string of the molecule is CC(C)OC(=O)c1cc2n(n1)[C@@H](C(F)(F)F)C[C@@H](c1ccccc1)N2. The van der Waals surface area contributed by atoms with Gasteiger partial charge in [0.25, 0.3) is 0 Å². The molecule has 0 spiro atoms. The van der Waals surface area contributed by atoms with Crippen molar-refractivity contribution in [2.45, 2.75) is 44.6 Å². The van der Waals surface area contributed by atoms with Crippen LogP contribution in [-0.4, -0.2) is 28.0 Å². The highest BCUT2D eigenvalue weighted by molar-refractivity contribution is 5.88. The molecule has 1 aromatic heterocycles. The molecule has 2 atom stereocenters. The molecule has 8 heteroatoms. The Labute approximate surface area is 142 Å². The second kappa shape index (κ2) is 6.42. The Morgan fingerprint density at radius 1 is 1.32 bits per heavy atom. The average molecular weight is 353 g/mol. The van der Waals surface area contributed by atoms with E-state index in [0.717, 1.165) is 10.2 Å². The molecule has 0 aliphatic carbocycles. The second-order valence-corrected chi connectivity index (χ2v) is 6.21. The smallest absolute Gasteiger partial charge is 0.410 e. The van der Waals surface area contributed by atoms with Gasteiger partial charge in [-0.3, -0.25) is 0 Å². The van der Waals surface area contributed by atoms with Gasteiger partial charge < -0.3 is 10.1 Å². The van der Waals surface area contributed by atoms with E-state index >= 15 is 0 Å². The number of halogens is 3. The molecule has 2 heterocycles. The van der Waals surface area contributed by atoms with Gasteiger partial charge in [-0.05, 0) is 19.4 Å². The van der Waals surface area contributed by atoms with Gasteiger partial charge in [0.2, 0.25) is 0 Å². The lowest BCUT2D eigenvalue weighted by molar-refractivity contribution is -0.173. The molecule has 0 bridgehead atoms. The summed E-state index contributed by atoms with van der Waals surface area (Å²) in [6.45, 7) is 3.33. The van der Waals surface area contributed by atoms with Crippen molar-refractivity contribution < 1.29 is 22.7 Å². The number of alkyl halides is 3. The van der Waals surface area contributed by atoms with Gasteiger partial charge in [0.1, 0.15) is 5.82 Å². The molecule has 1 N–H and O–H groups in total. The number of rotatable bonds is 3. The first kappa shape index (κ1) is 17.3. The summed E-state index contributed by atoms with van der Waals surface area (Å²) in [7, 11) is 0. The number of benzene rings is 1. The number of hydrogen-bond acceptors (Lipinski definition) is 4. The Balaban J connectivity index is 1.96. The number of ether oxygens (including phenoxy) is 1. The minimum absolute atomic E-state index is 0.140. The zero-order valence-corrected chi connectivity index (χ0v) is 13.7. The Morgan fingerprint density at radius 3 is 2.60 bits per heavy atom. The molecule has 0 fully saturated rings. The maximum atomic E-state index is 13.5. The van der Waals surface area contributed by atoms with E-state index in [4.69, 9.17) is 4.74 Å². The molecule has 0 unspecified atom stereocenters. The van der Waals surface area contributed by atoms with Crippen LogP contribution in [-0.2, 0) is 4.74 Å². The van der Waals surface area contributed by atoms with Crippen molar-refractivity contribution >= 4 is 11.8 Å². The number of nitrogens with zero attached hydrogens (tertiary/aromatic N) is 2. The van der Waals surface area contributed by atoms with E-state index in [2.05, 4.69) is 10.4 Å². The molecule has 5 nitrogen and oxygen atoms in total. The Morgan fingerprint density at radius 2 is 2.00 bits per heavy atom. The summed E-state index contributed by atoms with van der Waals surface area (Å²) < 4.78 is 46.4. The molecule has 2 aromatic rings. The van der Waals surface area contributed by atoms with E-state index in [1.807, 2.05) is 0 Å². The van der Waals surface area contributed by atoms with Gasteiger partial charge in [-0.25, -0.2) is 9.48 Å². The molecule has 25 heavy (non-hydrogen) atoms. The van der Waals surface area contributed by atoms with Crippen LogP contribution in [0.15, 0.2) is 36.4 Å². The van der Waals surface area contributed by atoms with E-state index < -0.39 is 24.2 Å². The van der Waals surface area contributed by atoms with Gasteiger partial charge in [-0.15, -0.1) is 0 Å². The summed E-state index contributed by atoms with van der Waals surface area (Å²) in [5.41, 5.74) is 0.606. The van der Waals surface area contributed by atoms with Gasteiger partial charge >= 0.3 is 12.1 Å². The van der Waals surface area contributed by atoms with E-state index in [9.17, 15) is 18.0 Å². The average Bonchev–Trinajstić information content (AvgIpc) is 2.97. The molecule has 3 rings (SSSR count). The van der Waals surface area contributed by atoms with Gasteiger partial charge in [0, 0.05) is 12.5 Å². The number of carbonyl (C=O) groups excluding carboxylic acids is 1. The molecule has 0 radical (unpaired) electrons. The third-order valence-electron chi connectivity index (χ3n) is 3.94. The van der Waals surface area contributed by atoms with E-state index in [0.29, 0.717) is 0 Å². The predicted octanol–water partition coefficient (Wildman–Crippen LogP) is 4.11. The quantitative estimate of drug-likeness (QED) is 0.844. The van der Waals surface area contributed by atoms with Gasteiger partial charge in [-0.1, -0.05) is 30.3 Å². The summed E-state index contributed by atoms with van der Waals surface area (Å²) in [4.78, 5) is 12.0. The van der Waals surface area contributed by atoms with Crippen LogP contribution in [0.1, 0.15) is 48.4 Å². The number of aromatic nitrogens is 2. The highest BCUT2D eigenvalue weighted by Crippen LogP contribution is 2.43. The maximum absolute atomic E-state index is 13.5. The van der Waals surface area contributed by atoms with E-state index in [-0.39, 0.29) is 24.0 Å². The number of anilines is 1. The molecule has 0 saturated carbocycles. The zero-order chi connectivity index (χ0) is 18.2. The first-order valence-corrected chi connectivity index (χ1v) is 7.94. The lowest BCUT2D eigenvalue weighted by atomic mass is 9.97. The fourth-order valence-electron chi connectivity index (χ4n) is 2.85. The Hall–Kier alpha value is -2.51. The normalized spacial score (nSPS) is 20.1. The van der Waals surface area contributed by atoms with Crippen LogP contribution in [0.2, 0.25) is 0 Å². The summed E-state index contributed by atoms with van der Waals surface area (Å²) in [6.07, 6.45) is -5.06. The van der Waals surface area contributed by atoms with Crippen LogP contribution in [0.3, 0.4) is 0 Å². The number of hydrogen-bond donors (Lipinski definition) is 1. The third kappa shape index (κ3) is 3.62. The largest absolute Gasteiger partial charge is 0.458 e. The number of nitrogens with one attached hydrogen (secondary N) is 1. The molecule has 0 saturated heterocycles. The second-order valence-electron chi connectivity index (χ2n) is 6.21. The van der Waals surface area contributed by atoms with Crippen molar-refractivity contribution in [1.29, 1.82) is 0 Å². The van der Waals surface area contributed by atoms with Crippen molar-refractivity contribution in [2.24, 2.45) is 0 Å². The fraction of sp³-hybridized carbons (Fsp3) is 0.412. The lowest BCUT2D eigenvalue weighted by Crippen LogP contribution is -2.35. The van der Waals surface area contributed by atoms with Crippen LogP contribution in [0.5, 0.6) is 0 Å². The van der Waals surface area contributed by atoms with Crippen molar-refractivity contribution in [3.05, 3.63) is 47.7 Å². The van der Waals surface area contributed by atoms with Crippen molar-refractivity contribution in [2.75, 3.05) is 5.32 Å². The van der Waals surface area contributed by atoms with Crippen LogP contribution >= 0.6 is 0 Å². The van der Waals surface area contributed by atoms with Crippen LogP contribution in [0.4, 0.5) is 19.0 Å². The number of esters is 1. The molecule has 1 aliphatic rings. The molecule has 0 amide bonds. The maximum Gasteiger partial charge on any atom is 0.410 e. The first-order valence-electron chi connectivity index (χ1n) is 7.94. The van der Waals surface area contributed by atoms with Crippen LogP contribution < -0.4 is 5.32 Å². The Bertz CT molecular complexity index is 756. The summed E-state index contributed by atoms with van der Waals surface area (Å²) in [5, 5.41) is 6.88. The van der Waals surface area contributed by atoms with Gasteiger partial charge in [-0.2, -0.15) is 18.3 Å². The summed E-state index contributed by atoms with van der Waals surface area (Å²) in [5.74, 6) is -0.589. The first-order chi connectivity index (χ1) is 11.8. The van der Waals surface area contributed by atoms with Crippen LogP contribution in [0.25, 0.3) is 0 Å². The van der Waals surface area contributed by atoms with Crippen LogP contribution in [0, 0.1) is 0 Å². The standard InChI is InChI=1S/C17H18F3N3O2/c1-10(2)25-16(24)13-9-15-21-12(11-6-4-3-5-7-11)8-14(17(18,19)20)23(15)22-13/h3-7,9-10,12,14,21H,8H2,1-2H3/t12-,14+/m0/s1. The number of carbonyl (C=O) groups is 1. The highest BCUT2D eigenvalue weighted by Gasteiger charge is 2.46. The van der Waals surface area contributed by atoms with E-state index in [1.54, 1.807) is 44.2 Å². The zero-order valence-electron chi connectivity index (χ0n) is 13.7. The minimum Gasteiger partial charge on any atom is -0.458 e. The van der Waals surface area contributed by atoms with E-state index in [1.165, 1.54) is 6.07 Å². The molecule has 1 aromatic carbocycles. The van der Waals surface area contributed by atoms with Crippen molar-refractivity contribution in [3.63, 3.8) is 0 Å². The minimum atomic E-state index is -4.48. The van der Waals surface area contributed by atoms with Gasteiger partial charge in [0.05, 0.1) is 12.1 Å². The monoisotopic (exact) mass is 353 g/mol. The molecular formula is C17H18F3N3O2. The predicted molar refractivity (Wildman–Crippen MR) is 85.3 cm³/mol. The molecule has 134 valence electrons. The summed E-state index contributed by atoms with van der Waals surface area (Å²) in [6, 6.07) is 7.86. The topological polar surface area (TPSA) is 56.2 Å². The number of fused-ring (bicyclic) bond motifs is 1. The Kier molecular flexibility index (Phi) is 4.45. The highest BCUT2D eigenvalue weighted by atomic mass is 19.4. The molecule has 1 aliphatic heterocycles. The third-order valence-corrected chi connectivity index (χ3v) is 3.94. The summed E-state index contributed by atoms with van der Waals surface area (Å²) >= 11 is 0. The molecular weight excluding hydrogens is 335 g/mol. The van der Waals surface area contributed by atoms with Gasteiger partial charge in [0.15, 0.2) is 11.7 Å². The fourth-order valence-corrected chi connectivity index (χ4v) is 2.85. The van der Waals surface area contributed by atoms with Crippen molar-refractivity contribution in [1.82, 2.24) is 9.78 Å². The lowest BCUT2D eigenvalue weighted by Gasteiger charge is -2.33.